The van der Waals surface area contributed by atoms with Gasteiger partial charge in [-0.2, -0.15) is 0 Å². The fourth-order valence-electron chi connectivity index (χ4n) is 4.02. The Morgan fingerprint density at radius 2 is 1.96 bits per heavy atom. The number of alkyl halides is 2. The molecular weight excluding hydrogens is 338 g/mol. The number of ether oxygens (including phenoxy) is 1. The summed E-state index contributed by atoms with van der Waals surface area (Å²) in [6.07, 6.45) is 2.32. The highest BCUT2D eigenvalue weighted by molar-refractivity contribution is 6.32. The van der Waals surface area contributed by atoms with Crippen molar-refractivity contribution in [1.82, 2.24) is 10.2 Å². The Balaban J connectivity index is 1.58. The van der Waals surface area contributed by atoms with Gasteiger partial charge in [-0.25, -0.2) is 8.78 Å². The van der Waals surface area contributed by atoms with Gasteiger partial charge in [-0.05, 0) is 19.8 Å². The zero-order chi connectivity index (χ0) is 16.9. The lowest BCUT2D eigenvalue weighted by Gasteiger charge is -2.39. The lowest BCUT2D eigenvalue weighted by molar-refractivity contribution is -0.0318. The second-order valence-electron chi connectivity index (χ2n) is 7.09. The van der Waals surface area contributed by atoms with Crippen molar-refractivity contribution in [3.8, 4) is 0 Å². The van der Waals surface area contributed by atoms with Crippen LogP contribution < -0.4 is 9.80 Å². The van der Waals surface area contributed by atoms with E-state index in [0.717, 1.165) is 31.7 Å². The van der Waals surface area contributed by atoms with Gasteiger partial charge in [0.05, 0.1) is 17.9 Å². The Kier molecular flexibility index (Phi) is 4.03. The molecular formula is C16H21ClF2N4O. The fourth-order valence-corrected chi connectivity index (χ4v) is 4.22. The van der Waals surface area contributed by atoms with Crippen molar-refractivity contribution in [1.29, 1.82) is 0 Å². The maximum Gasteiger partial charge on any atom is 0.251 e. The highest BCUT2D eigenvalue weighted by atomic mass is 35.5. The van der Waals surface area contributed by atoms with Crippen LogP contribution in [0, 0.1) is 0 Å². The van der Waals surface area contributed by atoms with Gasteiger partial charge in [0, 0.05) is 44.6 Å². The van der Waals surface area contributed by atoms with Gasteiger partial charge in [0.1, 0.15) is 0 Å². The number of aromatic nitrogens is 2. The first kappa shape index (κ1) is 16.3. The molecule has 2 bridgehead atoms. The number of fused-ring (bicyclic) bond motifs is 2. The number of halogens is 3. The fraction of sp³-hybridized carbons (Fsp3) is 0.750. The number of morpholine rings is 1. The van der Waals surface area contributed by atoms with Crippen LogP contribution >= 0.6 is 11.6 Å². The van der Waals surface area contributed by atoms with E-state index < -0.39 is 5.92 Å². The SMILES string of the molecule is CC1CC(F)(F)CCN1c1cc(N2CC3CCC(C2)O3)nnc1Cl. The maximum atomic E-state index is 13.6. The van der Waals surface area contributed by atoms with Crippen LogP contribution in [0.5, 0.6) is 0 Å². The van der Waals surface area contributed by atoms with Gasteiger partial charge in [0.2, 0.25) is 0 Å². The monoisotopic (exact) mass is 358 g/mol. The first-order valence-corrected chi connectivity index (χ1v) is 8.87. The van der Waals surface area contributed by atoms with E-state index in [2.05, 4.69) is 15.1 Å². The molecule has 3 unspecified atom stereocenters. The molecule has 4 heterocycles. The summed E-state index contributed by atoms with van der Waals surface area (Å²) < 4.78 is 33.0. The maximum absolute atomic E-state index is 13.6. The van der Waals surface area contributed by atoms with E-state index in [1.54, 1.807) is 6.92 Å². The Morgan fingerprint density at radius 1 is 1.25 bits per heavy atom. The van der Waals surface area contributed by atoms with E-state index in [1.165, 1.54) is 0 Å². The molecule has 0 N–H and O–H groups in total. The van der Waals surface area contributed by atoms with E-state index in [4.69, 9.17) is 16.3 Å². The topological polar surface area (TPSA) is 41.5 Å². The van der Waals surface area contributed by atoms with Gasteiger partial charge >= 0.3 is 0 Å². The molecule has 3 atom stereocenters. The number of hydrogen-bond donors (Lipinski definition) is 0. The van der Waals surface area contributed by atoms with Crippen LogP contribution in [0.3, 0.4) is 0 Å². The molecule has 8 heteroatoms. The third kappa shape index (κ3) is 3.04. The summed E-state index contributed by atoms with van der Waals surface area (Å²) >= 11 is 6.23. The molecule has 0 aromatic carbocycles. The Labute approximate surface area is 144 Å². The molecule has 24 heavy (non-hydrogen) atoms. The summed E-state index contributed by atoms with van der Waals surface area (Å²) in [7, 11) is 0. The molecule has 3 aliphatic rings. The number of nitrogens with zero attached hydrogens (tertiary/aromatic N) is 4. The van der Waals surface area contributed by atoms with Crippen molar-refractivity contribution in [2.24, 2.45) is 0 Å². The minimum absolute atomic E-state index is 0.160. The van der Waals surface area contributed by atoms with Gasteiger partial charge in [-0.15, -0.1) is 10.2 Å². The molecule has 1 aromatic rings. The first-order chi connectivity index (χ1) is 11.4. The number of hydrogen-bond acceptors (Lipinski definition) is 5. The molecule has 0 spiro atoms. The lowest BCUT2D eigenvalue weighted by Crippen LogP contribution is -2.46. The van der Waals surface area contributed by atoms with Crippen molar-refractivity contribution >= 4 is 23.1 Å². The van der Waals surface area contributed by atoms with Gasteiger partial charge < -0.3 is 14.5 Å². The molecule has 4 rings (SSSR count). The van der Waals surface area contributed by atoms with Crippen molar-refractivity contribution in [2.45, 2.75) is 56.8 Å². The van der Waals surface area contributed by atoms with E-state index in [0.29, 0.717) is 5.69 Å². The zero-order valence-corrected chi connectivity index (χ0v) is 14.3. The highest BCUT2D eigenvalue weighted by Gasteiger charge is 2.39. The van der Waals surface area contributed by atoms with Crippen LogP contribution in [0.2, 0.25) is 5.15 Å². The van der Waals surface area contributed by atoms with Crippen molar-refractivity contribution in [2.75, 3.05) is 29.4 Å². The van der Waals surface area contributed by atoms with E-state index in [1.807, 2.05) is 11.0 Å². The standard InChI is InChI=1S/C16H21ClF2N4O/c1-10-7-16(18,19)4-5-23(10)13-6-14(20-21-15(13)17)22-8-11-2-3-12(9-22)24-11/h6,10-12H,2-5,7-9H2,1H3. The Hall–Kier alpha value is -1.21. The van der Waals surface area contributed by atoms with E-state index >= 15 is 0 Å². The lowest BCUT2D eigenvalue weighted by atomic mass is 9.99. The predicted octanol–water partition coefficient (Wildman–Crippen LogP) is 3.12. The molecule has 0 amide bonds. The second-order valence-corrected chi connectivity index (χ2v) is 7.45. The zero-order valence-electron chi connectivity index (χ0n) is 13.6. The average molecular weight is 359 g/mol. The molecule has 0 aliphatic carbocycles. The van der Waals surface area contributed by atoms with Gasteiger partial charge in [0.25, 0.3) is 5.92 Å². The smallest absolute Gasteiger partial charge is 0.251 e. The third-order valence-electron chi connectivity index (χ3n) is 5.24. The molecule has 132 valence electrons. The third-order valence-corrected chi connectivity index (χ3v) is 5.51. The molecule has 3 aliphatic heterocycles. The first-order valence-electron chi connectivity index (χ1n) is 8.49. The number of rotatable bonds is 2. The predicted molar refractivity (Wildman–Crippen MR) is 88.1 cm³/mol. The van der Waals surface area contributed by atoms with Crippen LogP contribution in [0.1, 0.15) is 32.6 Å². The average Bonchev–Trinajstić information content (AvgIpc) is 2.86. The van der Waals surface area contributed by atoms with Gasteiger partial charge in [-0.1, -0.05) is 11.6 Å². The minimum Gasteiger partial charge on any atom is -0.371 e. The Bertz CT molecular complexity index is 620. The summed E-state index contributed by atoms with van der Waals surface area (Å²) in [4.78, 5) is 4.09. The molecule has 0 radical (unpaired) electrons. The molecule has 5 nitrogen and oxygen atoms in total. The van der Waals surface area contributed by atoms with Crippen LogP contribution in [-0.2, 0) is 4.74 Å². The summed E-state index contributed by atoms with van der Waals surface area (Å²) in [6, 6.07) is 1.60. The summed E-state index contributed by atoms with van der Waals surface area (Å²) in [5.41, 5.74) is 0.698. The van der Waals surface area contributed by atoms with E-state index in [-0.39, 0.29) is 42.8 Å². The molecule has 3 saturated heterocycles. The van der Waals surface area contributed by atoms with Gasteiger partial charge in [-0.3, -0.25) is 0 Å². The van der Waals surface area contributed by atoms with Crippen LogP contribution in [-0.4, -0.2) is 54.0 Å². The van der Waals surface area contributed by atoms with Crippen molar-refractivity contribution < 1.29 is 13.5 Å². The molecule has 3 fully saturated rings. The molecule has 0 saturated carbocycles. The van der Waals surface area contributed by atoms with E-state index in [9.17, 15) is 8.78 Å². The number of anilines is 2. The van der Waals surface area contributed by atoms with Crippen LogP contribution in [0.25, 0.3) is 0 Å². The summed E-state index contributed by atoms with van der Waals surface area (Å²) in [5, 5.41) is 8.57. The second kappa shape index (κ2) is 5.95. The van der Waals surface area contributed by atoms with Gasteiger partial charge in [0.15, 0.2) is 11.0 Å². The minimum atomic E-state index is -2.60. The number of piperidine rings is 1. The van der Waals surface area contributed by atoms with Crippen molar-refractivity contribution in [3.05, 3.63) is 11.2 Å². The Morgan fingerprint density at radius 3 is 2.62 bits per heavy atom. The highest BCUT2D eigenvalue weighted by Crippen LogP contribution is 2.38. The quantitative estimate of drug-likeness (QED) is 0.812. The summed E-state index contributed by atoms with van der Waals surface area (Å²) in [6.45, 7) is 3.66. The largest absolute Gasteiger partial charge is 0.371 e. The van der Waals surface area contributed by atoms with Crippen LogP contribution in [0.15, 0.2) is 6.07 Å². The summed E-state index contributed by atoms with van der Waals surface area (Å²) in [5.74, 6) is -1.85. The molecule has 1 aromatic heterocycles. The normalized spacial score (nSPS) is 32.2. The van der Waals surface area contributed by atoms with Crippen molar-refractivity contribution in [3.63, 3.8) is 0 Å². The van der Waals surface area contributed by atoms with Crippen LogP contribution in [0.4, 0.5) is 20.3 Å².